The number of nitrogens with zero attached hydrogens (tertiary/aromatic N) is 5. The molecule has 1 amide bonds. The van der Waals surface area contributed by atoms with Crippen molar-refractivity contribution in [2.45, 2.75) is 13.3 Å². The summed E-state index contributed by atoms with van der Waals surface area (Å²) >= 11 is 0. The van der Waals surface area contributed by atoms with Crippen LogP contribution in [0.15, 0.2) is 43.0 Å². The zero-order chi connectivity index (χ0) is 18.4. The van der Waals surface area contributed by atoms with Gasteiger partial charge in [-0.2, -0.15) is 0 Å². The third-order valence-electron chi connectivity index (χ3n) is 5.00. The molecule has 0 aromatic carbocycles. The van der Waals surface area contributed by atoms with Gasteiger partial charge in [-0.3, -0.25) is 14.8 Å². The first-order chi connectivity index (χ1) is 12.7. The highest BCUT2D eigenvalue weighted by Gasteiger charge is 2.22. The number of rotatable bonds is 6. The van der Waals surface area contributed by atoms with Crippen molar-refractivity contribution >= 4 is 11.6 Å². The fourth-order valence-electron chi connectivity index (χ4n) is 3.18. The van der Waals surface area contributed by atoms with E-state index in [4.69, 9.17) is 0 Å². The zero-order valence-corrected chi connectivity index (χ0v) is 15.6. The number of hydrogen-bond acceptors (Lipinski definition) is 5. The molecule has 0 saturated carbocycles. The molecule has 0 spiro atoms. The Labute approximate surface area is 155 Å². The van der Waals surface area contributed by atoms with Gasteiger partial charge in [0.25, 0.3) is 5.91 Å². The molecule has 0 atom stereocenters. The maximum absolute atomic E-state index is 12.8. The number of aromatic nitrogens is 2. The molecule has 2 aromatic rings. The van der Waals surface area contributed by atoms with Gasteiger partial charge in [0.15, 0.2) is 0 Å². The number of carbonyl (C=O) groups excluding carboxylic acids is 1. The summed E-state index contributed by atoms with van der Waals surface area (Å²) in [5.41, 5.74) is 2.89. The smallest absolute Gasteiger partial charge is 0.255 e. The Morgan fingerprint density at radius 3 is 2.54 bits per heavy atom. The quantitative estimate of drug-likeness (QED) is 0.794. The Bertz CT molecular complexity index is 713. The number of piperazine rings is 1. The molecule has 0 unspecified atom stereocenters. The van der Waals surface area contributed by atoms with E-state index in [1.54, 1.807) is 6.20 Å². The lowest BCUT2D eigenvalue weighted by Crippen LogP contribution is -2.48. The first-order valence-corrected chi connectivity index (χ1v) is 9.24. The van der Waals surface area contributed by atoms with Crippen molar-refractivity contribution in [3.63, 3.8) is 0 Å². The van der Waals surface area contributed by atoms with Crippen LogP contribution >= 0.6 is 0 Å². The van der Waals surface area contributed by atoms with Gasteiger partial charge in [-0.15, -0.1) is 0 Å². The molecule has 6 heteroatoms. The maximum Gasteiger partial charge on any atom is 0.255 e. The van der Waals surface area contributed by atoms with E-state index in [1.165, 1.54) is 5.56 Å². The molecule has 0 aliphatic carbocycles. The molecule has 1 aliphatic rings. The first kappa shape index (κ1) is 18.3. The predicted octanol–water partition coefficient (Wildman–Crippen LogP) is 1.93. The van der Waals surface area contributed by atoms with E-state index in [0.29, 0.717) is 5.56 Å². The highest BCUT2D eigenvalue weighted by atomic mass is 16.2. The molecule has 26 heavy (non-hydrogen) atoms. The fraction of sp³-hybridized carbons (Fsp3) is 0.450. The Hall–Kier alpha value is -2.47. The first-order valence-electron chi connectivity index (χ1n) is 9.24. The number of likely N-dealkylation sites (N-methyl/N-ethyl adjacent to an activating group) is 2. The average molecular weight is 353 g/mol. The summed E-state index contributed by atoms with van der Waals surface area (Å²) in [5, 5.41) is 0. The van der Waals surface area contributed by atoms with Gasteiger partial charge in [-0.25, -0.2) is 0 Å². The molecule has 6 nitrogen and oxygen atoms in total. The predicted molar refractivity (Wildman–Crippen MR) is 103 cm³/mol. The van der Waals surface area contributed by atoms with Crippen molar-refractivity contribution in [2.75, 3.05) is 51.2 Å². The van der Waals surface area contributed by atoms with Crippen LogP contribution in [0, 0.1) is 0 Å². The molecule has 2 aromatic heterocycles. The molecular weight excluding hydrogens is 326 g/mol. The van der Waals surface area contributed by atoms with Crippen molar-refractivity contribution in [1.82, 2.24) is 19.8 Å². The van der Waals surface area contributed by atoms with Crippen LogP contribution in [0.3, 0.4) is 0 Å². The molecule has 3 rings (SSSR count). The molecule has 0 radical (unpaired) electrons. The number of pyridine rings is 2. The van der Waals surface area contributed by atoms with Crippen molar-refractivity contribution in [1.29, 1.82) is 0 Å². The molecule has 1 saturated heterocycles. The third kappa shape index (κ3) is 4.58. The Kier molecular flexibility index (Phi) is 6.17. The largest absolute Gasteiger partial charge is 0.373 e. The molecule has 1 fully saturated rings. The van der Waals surface area contributed by atoms with Crippen LogP contribution in [-0.4, -0.2) is 72.0 Å². The van der Waals surface area contributed by atoms with Crippen LogP contribution < -0.4 is 4.90 Å². The molecule has 3 heterocycles. The van der Waals surface area contributed by atoms with Crippen LogP contribution in [0.1, 0.15) is 22.8 Å². The van der Waals surface area contributed by atoms with E-state index in [0.717, 1.165) is 51.4 Å². The van der Waals surface area contributed by atoms with E-state index in [1.807, 2.05) is 48.7 Å². The van der Waals surface area contributed by atoms with Gasteiger partial charge in [0.05, 0.1) is 17.4 Å². The minimum Gasteiger partial charge on any atom is -0.373 e. The Morgan fingerprint density at radius 2 is 1.85 bits per heavy atom. The second kappa shape index (κ2) is 8.76. The minimum atomic E-state index is 0.0811. The van der Waals surface area contributed by atoms with Gasteiger partial charge in [0.2, 0.25) is 0 Å². The second-order valence-electron chi connectivity index (χ2n) is 6.69. The lowest BCUT2D eigenvalue weighted by atomic mass is 10.1. The summed E-state index contributed by atoms with van der Waals surface area (Å²) in [6, 6.07) is 6.01. The highest BCUT2D eigenvalue weighted by molar-refractivity contribution is 5.94. The third-order valence-corrected chi connectivity index (χ3v) is 5.00. The molecule has 0 N–H and O–H groups in total. The lowest BCUT2D eigenvalue weighted by Gasteiger charge is -2.34. The molecule has 0 bridgehead atoms. The summed E-state index contributed by atoms with van der Waals surface area (Å²) in [7, 11) is 2.03. The van der Waals surface area contributed by atoms with Gasteiger partial charge in [0, 0.05) is 58.4 Å². The lowest BCUT2D eigenvalue weighted by molar-refractivity contribution is 0.0643. The molecular formula is C20H27N5O. The van der Waals surface area contributed by atoms with Gasteiger partial charge < -0.3 is 14.7 Å². The minimum absolute atomic E-state index is 0.0811. The van der Waals surface area contributed by atoms with Crippen LogP contribution in [-0.2, 0) is 6.42 Å². The monoisotopic (exact) mass is 353 g/mol. The second-order valence-corrected chi connectivity index (χ2v) is 6.69. The van der Waals surface area contributed by atoms with Crippen LogP contribution in [0.25, 0.3) is 0 Å². The van der Waals surface area contributed by atoms with Crippen LogP contribution in [0.2, 0.25) is 0 Å². The summed E-state index contributed by atoms with van der Waals surface area (Å²) in [5.74, 6) is 0.0811. The van der Waals surface area contributed by atoms with E-state index < -0.39 is 0 Å². The normalized spacial score (nSPS) is 15.1. The fourth-order valence-corrected chi connectivity index (χ4v) is 3.18. The zero-order valence-electron chi connectivity index (χ0n) is 15.6. The van der Waals surface area contributed by atoms with Crippen molar-refractivity contribution in [2.24, 2.45) is 0 Å². The number of amides is 1. The standard InChI is InChI=1S/C20H27N5O/c1-3-24-10-12-25(13-11-24)20(26)18-14-19(16-22-15-18)23(2)9-6-17-4-7-21-8-5-17/h4-5,7-8,14-16H,3,6,9-13H2,1-2H3. The molecule has 138 valence electrons. The highest BCUT2D eigenvalue weighted by Crippen LogP contribution is 2.16. The van der Waals surface area contributed by atoms with Crippen molar-refractivity contribution < 1.29 is 4.79 Å². The number of anilines is 1. The average Bonchev–Trinajstić information content (AvgIpc) is 2.72. The van der Waals surface area contributed by atoms with E-state index in [-0.39, 0.29) is 5.91 Å². The van der Waals surface area contributed by atoms with Crippen molar-refractivity contribution in [3.8, 4) is 0 Å². The summed E-state index contributed by atoms with van der Waals surface area (Å²) in [6.07, 6.45) is 8.05. The van der Waals surface area contributed by atoms with Gasteiger partial charge in [-0.05, 0) is 36.7 Å². The van der Waals surface area contributed by atoms with Gasteiger partial charge in [0.1, 0.15) is 0 Å². The van der Waals surface area contributed by atoms with Crippen molar-refractivity contribution in [3.05, 3.63) is 54.1 Å². The van der Waals surface area contributed by atoms with Crippen LogP contribution in [0.5, 0.6) is 0 Å². The Balaban J connectivity index is 1.61. The molecule has 1 aliphatic heterocycles. The van der Waals surface area contributed by atoms with Crippen LogP contribution in [0.4, 0.5) is 5.69 Å². The Morgan fingerprint density at radius 1 is 1.12 bits per heavy atom. The number of carbonyl (C=O) groups is 1. The summed E-state index contributed by atoms with van der Waals surface area (Å²) in [6.45, 7) is 7.53. The summed E-state index contributed by atoms with van der Waals surface area (Å²) in [4.78, 5) is 27.6. The number of hydrogen-bond donors (Lipinski definition) is 0. The van der Waals surface area contributed by atoms with Gasteiger partial charge >= 0.3 is 0 Å². The van der Waals surface area contributed by atoms with E-state index in [2.05, 4.69) is 26.7 Å². The van der Waals surface area contributed by atoms with E-state index >= 15 is 0 Å². The SMILES string of the molecule is CCN1CCN(C(=O)c2cncc(N(C)CCc3ccncc3)c2)CC1. The maximum atomic E-state index is 12.8. The van der Waals surface area contributed by atoms with Gasteiger partial charge in [-0.1, -0.05) is 6.92 Å². The van der Waals surface area contributed by atoms with E-state index in [9.17, 15) is 4.79 Å². The summed E-state index contributed by atoms with van der Waals surface area (Å²) < 4.78 is 0. The topological polar surface area (TPSA) is 52.6 Å².